The third kappa shape index (κ3) is 10.5. The van der Waals surface area contributed by atoms with Crippen LogP contribution >= 0.6 is 0 Å². The maximum absolute atomic E-state index is 9.27. The molecule has 0 aliphatic carbocycles. The number of nitrogens with zero attached hydrogens (tertiary/aromatic N) is 2. The number of rotatable bonds is 1. The van der Waals surface area contributed by atoms with Crippen molar-refractivity contribution < 1.29 is 19.2 Å². The Bertz CT molecular complexity index is 198. The van der Waals surface area contributed by atoms with Crippen LogP contribution in [0.1, 0.15) is 6.92 Å². The van der Waals surface area contributed by atoms with E-state index in [-0.39, 0.29) is 6.61 Å². The zero-order chi connectivity index (χ0) is 11.7. The largest absolute Gasteiger partial charge is 0.550 e. The second-order valence-corrected chi connectivity index (χ2v) is 2.83. The molecule has 0 aromatic heterocycles. The smallest absolute Gasteiger partial charge is 0.344 e. The molecular formula is C8H19N3O3. The Morgan fingerprint density at radius 3 is 1.93 bits per heavy atom. The topological polar surface area (TPSA) is 81.6 Å². The predicted octanol–water partition coefficient (Wildman–Crippen LogP) is -1.50. The first-order valence-electron chi connectivity index (χ1n) is 4.13. The predicted molar refractivity (Wildman–Crippen MR) is 52.0 cm³/mol. The highest BCUT2D eigenvalue weighted by molar-refractivity contribution is 5.72. The fraction of sp³-hybridized carbons (Fsp3) is 0.750. The molecule has 0 amide bonds. The molecule has 0 aliphatic heterocycles. The maximum atomic E-state index is 9.27. The van der Waals surface area contributed by atoms with Gasteiger partial charge < -0.3 is 14.6 Å². The van der Waals surface area contributed by atoms with Crippen molar-refractivity contribution >= 4 is 12.1 Å². The fourth-order valence-corrected chi connectivity index (χ4v) is 0.518. The molecule has 0 aliphatic rings. The maximum Gasteiger partial charge on any atom is 0.344 e. The first-order chi connectivity index (χ1) is 6.32. The Hall–Kier alpha value is -1.46. The second-order valence-electron chi connectivity index (χ2n) is 2.83. The summed E-state index contributed by atoms with van der Waals surface area (Å²) >= 11 is 0. The number of hydrogen-bond donors (Lipinski definition) is 1. The molecule has 0 bridgehead atoms. The standard InChI is InChI=1S/C5H13N3.C3H6O3/c1-7(2)5(6)8(3)4;1-2-6-3(4)5/h6H,1-4H3;2H2,1H3,(H,4,5). The number of carbonyl (C=O) groups is 1. The monoisotopic (exact) mass is 205 g/mol. The van der Waals surface area contributed by atoms with Gasteiger partial charge in [0.25, 0.3) is 6.16 Å². The molecule has 0 aromatic carbocycles. The summed E-state index contributed by atoms with van der Waals surface area (Å²) in [4.78, 5) is 11.1. The van der Waals surface area contributed by atoms with Crippen LogP contribution in [0.4, 0.5) is 4.79 Å². The molecule has 0 heterocycles. The van der Waals surface area contributed by atoms with Crippen molar-refractivity contribution in [2.24, 2.45) is 5.73 Å². The van der Waals surface area contributed by atoms with Crippen LogP contribution in [0.2, 0.25) is 0 Å². The van der Waals surface area contributed by atoms with Gasteiger partial charge in [-0.2, -0.15) is 0 Å². The van der Waals surface area contributed by atoms with Crippen LogP contribution in [0.15, 0.2) is 0 Å². The molecule has 14 heavy (non-hydrogen) atoms. The number of nitrogens with two attached hydrogens (primary N) is 1. The average Bonchev–Trinajstić information content (AvgIpc) is 2.03. The fourth-order valence-electron chi connectivity index (χ4n) is 0.518. The van der Waals surface area contributed by atoms with Crippen LogP contribution in [0.5, 0.6) is 0 Å². The quantitative estimate of drug-likeness (QED) is 0.244. The van der Waals surface area contributed by atoms with E-state index in [1.807, 2.05) is 37.7 Å². The molecule has 0 saturated heterocycles. The normalized spacial score (nSPS) is 8.07. The lowest BCUT2D eigenvalue weighted by Crippen LogP contribution is -2.36. The van der Waals surface area contributed by atoms with E-state index in [2.05, 4.69) is 4.74 Å². The van der Waals surface area contributed by atoms with E-state index in [1.165, 1.54) is 0 Å². The lowest BCUT2D eigenvalue weighted by atomic mass is 10.8. The SMILES string of the molecule is CCOC(=O)[O-].CN(C)C(N)=[N+](C)C. The Labute approximate surface area is 84.6 Å². The summed E-state index contributed by atoms with van der Waals surface area (Å²) in [5.41, 5.74) is 5.53. The first-order valence-corrected chi connectivity index (χ1v) is 4.13. The van der Waals surface area contributed by atoms with Crippen LogP contribution in [0.3, 0.4) is 0 Å². The number of carbonyl (C=O) groups excluding carboxylic acids is 1. The van der Waals surface area contributed by atoms with Gasteiger partial charge in [-0.25, -0.2) is 0 Å². The third-order valence-corrected chi connectivity index (χ3v) is 1.18. The van der Waals surface area contributed by atoms with Crippen LogP contribution < -0.4 is 10.8 Å². The molecule has 0 spiro atoms. The van der Waals surface area contributed by atoms with Crippen molar-refractivity contribution in [3.8, 4) is 0 Å². The van der Waals surface area contributed by atoms with Gasteiger partial charge in [-0.1, -0.05) is 0 Å². The number of ether oxygens (including phenoxy) is 1. The van der Waals surface area contributed by atoms with Crippen molar-refractivity contribution in [1.82, 2.24) is 4.90 Å². The van der Waals surface area contributed by atoms with E-state index < -0.39 is 6.16 Å². The molecule has 0 atom stereocenters. The van der Waals surface area contributed by atoms with Crippen LogP contribution in [0, 0.1) is 0 Å². The van der Waals surface area contributed by atoms with E-state index in [0.717, 1.165) is 5.96 Å². The highest BCUT2D eigenvalue weighted by Gasteiger charge is 2.00. The lowest BCUT2D eigenvalue weighted by molar-refractivity contribution is -0.470. The van der Waals surface area contributed by atoms with E-state index in [4.69, 9.17) is 5.73 Å². The third-order valence-electron chi connectivity index (χ3n) is 1.18. The Balaban J connectivity index is 0. The number of carboxylic acid groups (broad SMARTS) is 1. The lowest BCUT2D eigenvalue weighted by Gasteiger charge is -2.04. The van der Waals surface area contributed by atoms with E-state index >= 15 is 0 Å². The summed E-state index contributed by atoms with van der Waals surface area (Å²) in [6, 6.07) is 0. The van der Waals surface area contributed by atoms with Crippen molar-refractivity contribution in [2.75, 3.05) is 34.8 Å². The van der Waals surface area contributed by atoms with Gasteiger partial charge in [0.2, 0.25) is 0 Å². The van der Waals surface area contributed by atoms with Crippen molar-refractivity contribution in [3.05, 3.63) is 0 Å². The molecule has 0 rings (SSSR count). The first kappa shape index (κ1) is 15.0. The molecule has 0 aromatic rings. The van der Waals surface area contributed by atoms with E-state index in [0.29, 0.717) is 0 Å². The van der Waals surface area contributed by atoms with Gasteiger partial charge in [-0.3, -0.25) is 15.2 Å². The molecule has 6 nitrogen and oxygen atoms in total. The minimum absolute atomic E-state index is 0.169. The van der Waals surface area contributed by atoms with Gasteiger partial charge in [0.1, 0.15) is 0 Å². The van der Waals surface area contributed by atoms with Crippen LogP contribution in [0.25, 0.3) is 0 Å². The highest BCUT2D eigenvalue weighted by atomic mass is 16.7. The zero-order valence-corrected chi connectivity index (χ0v) is 9.40. The van der Waals surface area contributed by atoms with Crippen LogP contribution in [-0.2, 0) is 4.74 Å². The molecule has 6 heteroatoms. The summed E-state index contributed by atoms with van der Waals surface area (Å²) < 4.78 is 5.71. The van der Waals surface area contributed by atoms with Crippen LogP contribution in [-0.4, -0.2) is 56.4 Å². The van der Waals surface area contributed by atoms with Gasteiger partial charge in [-0.15, -0.1) is 0 Å². The van der Waals surface area contributed by atoms with Gasteiger partial charge in [0.15, 0.2) is 0 Å². The Morgan fingerprint density at radius 1 is 1.50 bits per heavy atom. The second kappa shape index (κ2) is 8.15. The summed E-state index contributed by atoms with van der Waals surface area (Å²) in [6.07, 6.45) is -1.46. The van der Waals surface area contributed by atoms with Gasteiger partial charge in [-0.05, 0) is 6.92 Å². The molecule has 2 N–H and O–H groups in total. The van der Waals surface area contributed by atoms with E-state index in [9.17, 15) is 9.90 Å². The van der Waals surface area contributed by atoms with Crippen molar-refractivity contribution in [1.29, 1.82) is 0 Å². The molecule has 0 fully saturated rings. The molecule has 0 saturated carbocycles. The van der Waals surface area contributed by atoms with Crippen molar-refractivity contribution in [2.45, 2.75) is 6.92 Å². The number of hydrogen-bond acceptors (Lipinski definition) is 3. The zero-order valence-electron chi connectivity index (χ0n) is 9.40. The summed E-state index contributed by atoms with van der Waals surface area (Å²) in [6.45, 7) is 1.75. The average molecular weight is 205 g/mol. The van der Waals surface area contributed by atoms with Gasteiger partial charge in [0, 0.05) is 6.61 Å². The minimum Gasteiger partial charge on any atom is -0.550 e. The molecular weight excluding hydrogens is 186 g/mol. The summed E-state index contributed by atoms with van der Waals surface area (Å²) in [5, 5.41) is 9.27. The van der Waals surface area contributed by atoms with Gasteiger partial charge in [0.05, 0.1) is 28.2 Å². The molecule has 0 unspecified atom stereocenters. The molecule has 0 radical (unpaired) electrons. The molecule has 84 valence electrons. The van der Waals surface area contributed by atoms with Gasteiger partial charge >= 0.3 is 5.96 Å². The minimum atomic E-state index is -1.46. The number of guanidine groups is 1. The summed E-state index contributed by atoms with van der Waals surface area (Å²) in [5.74, 6) is 0.769. The Morgan fingerprint density at radius 2 is 1.93 bits per heavy atom. The Kier molecular flexibility index (Phi) is 8.75. The highest BCUT2D eigenvalue weighted by Crippen LogP contribution is 1.69. The summed E-state index contributed by atoms with van der Waals surface area (Å²) in [7, 11) is 7.65. The van der Waals surface area contributed by atoms with E-state index in [1.54, 1.807) is 6.92 Å². The van der Waals surface area contributed by atoms with Crippen molar-refractivity contribution in [3.63, 3.8) is 0 Å².